The van der Waals surface area contributed by atoms with Crippen LogP contribution < -0.4 is 10.1 Å². The molecule has 2 aromatic rings. The first kappa shape index (κ1) is 14.4. The number of methoxy groups -OCH3 is 1. The molecule has 0 aliphatic rings. The van der Waals surface area contributed by atoms with E-state index in [0.717, 1.165) is 11.4 Å². The summed E-state index contributed by atoms with van der Waals surface area (Å²) in [6, 6.07) is 6.87. The Morgan fingerprint density at radius 2 is 2.20 bits per heavy atom. The average Bonchev–Trinajstić information content (AvgIpc) is 2.74. The van der Waals surface area contributed by atoms with Crippen LogP contribution in [0.5, 0.6) is 5.75 Å². The molecule has 0 fully saturated rings. The summed E-state index contributed by atoms with van der Waals surface area (Å²) in [5.41, 5.74) is 2.26. The number of nitrogens with zero attached hydrogens (tertiary/aromatic N) is 2. The molecule has 1 N–H and O–H groups in total. The molecule has 1 aromatic carbocycles. The van der Waals surface area contributed by atoms with Crippen molar-refractivity contribution < 1.29 is 9.53 Å². The maximum absolute atomic E-state index is 12.2. The number of rotatable bonds is 4. The van der Waals surface area contributed by atoms with Gasteiger partial charge in [0.1, 0.15) is 5.75 Å². The van der Waals surface area contributed by atoms with Gasteiger partial charge in [-0.05, 0) is 31.2 Å². The van der Waals surface area contributed by atoms with E-state index in [2.05, 4.69) is 10.4 Å². The molecule has 0 spiro atoms. The van der Waals surface area contributed by atoms with Crippen molar-refractivity contribution in [1.29, 1.82) is 0 Å². The number of ether oxygens (including phenoxy) is 1. The second-order valence-electron chi connectivity index (χ2n) is 4.43. The van der Waals surface area contributed by atoms with Gasteiger partial charge in [0.25, 0.3) is 5.91 Å². The second-order valence-corrected chi connectivity index (χ2v) is 4.86. The summed E-state index contributed by atoms with van der Waals surface area (Å²) >= 11 is 5.91. The average molecular weight is 294 g/mol. The van der Waals surface area contributed by atoms with Crippen molar-refractivity contribution in [2.24, 2.45) is 7.05 Å². The maximum atomic E-state index is 12.2. The van der Waals surface area contributed by atoms with Gasteiger partial charge in [-0.25, -0.2) is 0 Å². The summed E-state index contributed by atoms with van der Waals surface area (Å²) in [6.07, 6.45) is 0. The Labute approximate surface area is 122 Å². The summed E-state index contributed by atoms with van der Waals surface area (Å²) in [4.78, 5) is 12.2. The highest BCUT2D eigenvalue weighted by Crippen LogP contribution is 2.22. The number of hydrogen-bond donors (Lipinski definition) is 1. The largest absolute Gasteiger partial charge is 0.496 e. The fourth-order valence-electron chi connectivity index (χ4n) is 1.95. The number of aromatic nitrogens is 2. The number of amides is 1. The molecule has 0 unspecified atom stereocenters. The minimum Gasteiger partial charge on any atom is -0.496 e. The highest BCUT2D eigenvalue weighted by molar-refractivity contribution is 6.31. The van der Waals surface area contributed by atoms with Gasteiger partial charge >= 0.3 is 0 Å². The summed E-state index contributed by atoms with van der Waals surface area (Å²) < 4.78 is 6.91. The van der Waals surface area contributed by atoms with E-state index >= 15 is 0 Å². The Kier molecular flexibility index (Phi) is 4.29. The van der Waals surface area contributed by atoms with Gasteiger partial charge < -0.3 is 10.1 Å². The SMILES string of the molecule is COc1ccc(Cl)cc1C(=O)NCc1cc(C)nn1C. The van der Waals surface area contributed by atoms with Crippen LogP contribution >= 0.6 is 11.6 Å². The number of hydrogen-bond acceptors (Lipinski definition) is 3. The lowest BCUT2D eigenvalue weighted by Gasteiger charge is -2.09. The molecule has 0 saturated heterocycles. The smallest absolute Gasteiger partial charge is 0.255 e. The fourth-order valence-corrected chi connectivity index (χ4v) is 2.13. The van der Waals surface area contributed by atoms with Gasteiger partial charge in [-0.3, -0.25) is 9.48 Å². The first-order valence-electron chi connectivity index (χ1n) is 6.12. The van der Waals surface area contributed by atoms with Gasteiger partial charge in [0.05, 0.1) is 30.6 Å². The summed E-state index contributed by atoms with van der Waals surface area (Å²) in [5, 5.41) is 7.55. The van der Waals surface area contributed by atoms with E-state index in [0.29, 0.717) is 22.9 Å². The lowest BCUT2D eigenvalue weighted by molar-refractivity contribution is 0.0947. The van der Waals surface area contributed by atoms with Crippen molar-refractivity contribution >= 4 is 17.5 Å². The van der Waals surface area contributed by atoms with E-state index in [4.69, 9.17) is 16.3 Å². The molecule has 1 aromatic heterocycles. The summed E-state index contributed by atoms with van der Waals surface area (Å²) in [7, 11) is 3.36. The van der Waals surface area contributed by atoms with Crippen molar-refractivity contribution in [3.05, 3.63) is 46.2 Å². The number of carbonyl (C=O) groups is 1. The zero-order valence-corrected chi connectivity index (χ0v) is 12.4. The number of benzene rings is 1. The predicted octanol–water partition coefficient (Wildman–Crippen LogP) is 2.32. The molecule has 0 radical (unpaired) electrons. The van der Waals surface area contributed by atoms with Crippen molar-refractivity contribution in [2.45, 2.75) is 13.5 Å². The lowest BCUT2D eigenvalue weighted by atomic mass is 10.2. The third kappa shape index (κ3) is 3.11. The molecule has 0 aliphatic carbocycles. The molecule has 106 valence electrons. The van der Waals surface area contributed by atoms with Gasteiger partial charge in [-0.15, -0.1) is 0 Å². The highest BCUT2D eigenvalue weighted by Gasteiger charge is 2.13. The molecule has 0 aliphatic heterocycles. The normalized spacial score (nSPS) is 10.4. The van der Waals surface area contributed by atoms with Crippen LogP contribution in [0.1, 0.15) is 21.7 Å². The predicted molar refractivity (Wildman–Crippen MR) is 77.1 cm³/mol. The lowest BCUT2D eigenvalue weighted by Crippen LogP contribution is -2.24. The third-order valence-electron chi connectivity index (χ3n) is 2.94. The third-order valence-corrected chi connectivity index (χ3v) is 3.17. The molecular formula is C14H16ClN3O2. The molecular weight excluding hydrogens is 278 g/mol. The van der Waals surface area contributed by atoms with Crippen LogP contribution in [0.15, 0.2) is 24.3 Å². The molecule has 2 rings (SSSR count). The van der Waals surface area contributed by atoms with Crippen LogP contribution in [-0.4, -0.2) is 22.8 Å². The number of nitrogens with one attached hydrogen (secondary N) is 1. The molecule has 5 nitrogen and oxygen atoms in total. The van der Waals surface area contributed by atoms with Gasteiger partial charge in [-0.1, -0.05) is 11.6 Å². The highest BCUT2D eigenvalue weighted by atomic mass is 35.5. The molecule has 6 heteroatoms. The Bertz CT molecular complexity index is 637. The van der Waals surface area contributed by atoms with Crippen LogP contribution in [0.3, 0.4) is 0 Å². The van der Waals surface area contributed by atoms with Crippen molar-refractivity contribution in [1.82, 2.24) is 15.1 Å². The second kappa shape index (κ2) is 5.96. The molecule has 20 heavy (non-hydrogen) atoms. The number of carbonyl (C=O) groups excluding carboxylic acids is 1. The van der Waals surface area contributed by atoms with Crippen LogP contribution in [0, 0.1) is 6.92 Å². The quantitative estimate of drug-likeness (QED) is 0.941. The standard InChI is InChI=1S/C14H16ClN3O2/c1-9-6-11(18(2)17-9)8-16-14(19)12-7-10(15)4-5-13(12)20-3/h4-7H,8H2,1-3H3,(H,16,19). The Balaban J connectivity index is 2.12. The Morgan fingerprint density at radius 3 is 2.80 bits per heavy atom. The molecule has 0 atom stereocenters. The maximum Gasteiger partial charge on any atom is 0.255 e. The topological polar surface area (TPSA) is 56.1 Å². The summed E-state index contributed by atoms with van der Waals surface area (Å²) in [5.74, 6) is 0.260. The van der Waals surface area contributed by atoms with E-state index in [1.807, 2.05) is 20.0 Å². The molecule has 0 bridgehead atoms. The Morgan fingerprint density at radius 1 is 1.45 bits per heavy atom. The first-order chi connectivity index (χ1) is 9.51. The van der Waals surface area contributed by atoms with Gasteiger partial charge in [0.15, 0.2) is 0 Å². The number of halogens is 1. The molecule has 1 amide bonds. The van der Waals surface area contributed by atoms with Gasteiger partial charge in [0.2, 0.25) is 0 Å². The zero-order chi connectivity index (χ0) is 14.7. The zero-order valence-electron chi connectivity index (χ0n) is 11.6. The van der Waals surface area contributed by atoms with E-state index < -0.39 is 0 Å². The van der Waals surface area contributed by atoms with Gasteiger partial charge in [-0.2, -0.15) is 5.10 Å². The van der Waals surface area contributed by atoms with Gasteiger partial charge in [0, 0.05) is 12.1 Å². The number of aryl methyl sites for hydroxylation is 2. The fraction of sp³-hybridized carbons (Fsp3) is 0.286. The van der Waals surface area contributed by atoms with Crippen molar-refractivity contribution in [3.8, 4) is 5.75 Å². The molecule has 1 heterocycles. The van der Waals surface area contributed by atoms with Crippen LogP contribution in [0.2, 0.25) is 5.02 Å². The van der Waals surface area contributed by atoms with Crippen LogP contribution in [-0.2, 0) is 13.6 Å². The van der Waals surface area contributed by atoms with Crippen molar-refractivity contribution in [3.63, 3.8) is 0 Å². The van der Waals surface area contributed by atoms with Crippen LogP contribution in [0.4, 0.5) is 0 Å². The minimum absolute atomic E-state index is 0.233. The van der Waals surface area contributed by atoms with Crippen LogP contribution in [0.25, 0.3) is 0 Å². The van der Waals surface area contributed by atoms with E-state index in [-0.39, 0.29) is 5.91 Å². The van der Waals surface area contributed by atoms with E-state index in [9.17, 15) is 4.79 Å². The Hall–Kier alpha value is -2.01. The summed E-state index contributed by atoms with van der Waals surface area (Å²) in [6.45, 7) is 2.30. The van der Waals surface area contributed by atoms with E-state index in [1.165, 1.54) is 7.11 Å². The van der Waals surface area contributed by atoms with E-state index in [1.54, 1.807) is 22.9 Å². The minimum atomic E-state index is -0.233. The monoisotopic (exact) mass is 293 g/mol. The first-order valence-corrected chi connectivity index (χ1v) is 6.50. The van der Waals surface area contributed by atoms with Crippen molar-refractivity contribution in [2.75, 3.05) is 7.11 Å². The molecule has 0 saturated carbocycles.